The van der Waals surface area contributed by atoms with E-state index in [0.29, 0.717) is 40.6 Å². The average Bonchev–Trinajstić information content (AvgIpc) is 3.16. The van der Waals surface area contributed by atoms with Gasteiger partial charge < -0.3 is 19.3 Å². The molecule has 3 aromatic rings. The van der Waals surface area contributed by atoms with Gasteiger partial charge in [0.25, 0.3) is 0 Å². The number of nitrogens with zero attached hydrogens (tertiary/aromatic N) is 1. The lowest BCUT2D eigenvalue weighted by Crippen LogP contribution is -2.28. The van der Waals surface area contributed by atoms with Gasteiger partial charge in [-0.3, -0.25) is 4.79 Å². The van der Waals surface area contributed by atoms with Gasteiger partial charge in [-0.25, -0.2) is 4.79 Å². The van der Waals surface area contributed by atoms with E-state index in [1.807, 2.05) is 24.3 Å². The van der Waals surface area contributed by atoms with Crippen molar-refractivity contribution in [1.29, 1.82) is 0 Å². The molecule has 1 amide bonds. The first-order valence-corrected chi connectivity index (χ1v) is 9.54. The normalized spacial score (nSPS) is 14.4. The molecular formula is C20H18N2O5S. The van der Waals surface area contributed by atoms with E-state index in [2.05, 4.69) is 10.5 Å². The number of carbonyl (C=O) groups is 2. The first kappa shape index (κ1) is 18.2. The van der Waals surface area contributed by atoms with Gasteiger partial charge in [0, 0.05) is 11.6 Å². The number of carbonyl (C=O) groups excluding carboxylic acids is 2. The van der Waals surface area contributed by atoms with Crippen LogP contribution in [0.25, 0.3) is 11.3 Å². The summed E-state index contributed by atoms with van der Waals surface area (Å²) < 4.78 is 15.5. The quantitative estimate of drug-likeness (QED) is 0.634. The fourth-order valence-corrected chi connectivity index (χ4v) is 3.81. The molecule has 0 unspecified atom stereocenters. The second kappa shape index (κ2) is 7.12. The Hall–Kier alpha value is -3.13. The number of hydrogen-bond acceptors (Lipinski definition) is 7. The lowest BCUT2D eigenvalue weighted by Gasteiger charge is -2.12. The predicted octanol–water partition coefficient (Wildman–Crippen LogP) is 3.87. The number of rotatable bonds is 6. The minimum atomic E-state index is -0.738. The second-order valence-electron chi connectivity index (χ2n) is 6.50. The average molecular weight is 398 g/mol. The Bertz CT molecular complexity index is 1030. The van der Waals surface area contributed by atoms with Gasteiger partial charge in [0.15, 0.2) is 5.76 Å². The van der Waals surface area contributed by atoms with Crippen LogP contribution >= 0.6 is 11.3 Å². The van der Waals surface area contributed by atoms with E-state index in [0.717, 1.165) is 5.56 Å². The van der Waals surface area contributed by atoms with Crippen LogP contribution in [0.4, 0.5) is 5.00 Å². The van der Waals surface area contributed by atoms with Crippen LogP contribution < -0.4 is 10.1 Å². The number of anilines is 1. The molecule has 8 heteroatoms. The van der Waals surface area contributed by atoms with E-state index in [1.54, 1.807) is 24.6 Å². The van der Waals surface area contributed by atoms with Crippen molar-refractivity contribution in [3.05, 3.63) is 53.0 Å². The molecule has 4 rings (SSSR count). The number of thiophene rings is 1. The molecule has 28 heavy (non-hydrogen) atoms. The molecule has 1 aliphatic rings. The molecule has 0 atom stereocenters. The lowest BCUT2D eigenvalue weighted by atomic mass is 10.0. The summed E-state index contributed by atoms with van der Waals surface area (Å²) in [6.07, 6.45) is 1.34. The van der Waals surface area contributed by atoms with Crippen molar-refractivity contribution in [2.45, 2.75) is 18.3 Å². The van der Waals surface area contributed by atoms with Crippen molar-refractivity contribution < 1.29 is 23.6 Å². The highest BCUT2D eigenvalue weighted by Crippen LogP contribution is 2.49. The third kappa shape index (κ3) is 3.16. The molecule has 1 aliphatic carbocycles. The molecule has 1 fully saturated rings. The number of nitrogens with one attached hydrogen (secondary N) is 1. The summed E-state index contributed by atoms with van der Waals surface area (Å²) in [5, 5.41) is 9.20. The first-order chi connectivity index (χ1) is 13.6. The molecule has 0 spiro atoms. The Morgan fingerprint density at radius 2 is 2.04 bits per heavy atom. The van der Waals surface area contributed by atoms with Gasteiger partial charge in [0.1, 0.15) is 10.8 Å². The van der Waals surface area contributed by atoms with Crippen molar-refractivity contribution in [3.8, 4) is 17.1 Å². The van der Waals surface area contributed by atoms with E-state index in [9.17, 15) is 9.59 Å². The zero-order valence-corrected chi connectivity index (χ0v) is 16.2. The molecule has 2 aromatic heterocycles. The van der Waals surface area contributed by atoms with E-state index >= 15 is 0 Å². The van der Waals surface area contributed by atoms with Crippen molar-refractivity contribution in [2.24, 2.45) is 0 Å². The lowest BCUT2D eigenvalue weighted by molar-refractivity contribution is -0.118. The standard InChI is InChI=1S/C20H18N2O5S/c1-25-13-5-3-4-12(10-13)15-11-16(22-27-15)20(7-8-20)19(24)21-17-14(6-9-28-17)18(23)26-2/h3-6,9-11H,7-8H2,1-2H3,(H,21,24). The van der Waals surface area contributed by atoms with Gasteiger partial charge in [-0.15, -0.1) is 11.3 Å². The molecule has 0 radical (unpaired) electrons. The third-order valence-corrected chi connectivity index (χ3v) is 5.67. The van der Waals surface area contributed by atoms with Gasteiger partial charge in [-0.1, -0.05) is 17.3 Å². The molecule has 7 nitrogen and oxygen atoms in total. The number of ether oxygens (including phenoxy) is 2. The van der Waals surface area contributed by atoms with E-state index in [1.165, 1.54) is 18.4 Å². The maximum atomic E-state index is 12.9. The third-order valence-electron chi connectivity index (χ3n) is 4.84. The van der Waals surface area contributed by atoms with E-state index in [-0.39, 0.29) is 5.91 Å². The van der Waals surface area contributed by atoms with Crippen molar-refractivity contribution in [2.75, 3.05) is 19.5 Å². The van der Waals surface area contributed by atoms with Crippen LogP contribution in [-0.2, 0) is 14.9 Å². The molecule has 1 aromatic carbocycles. The fraction of sp³-hybridized carbons (Fsp3) is 0.250. The summed E-state index contributed by atoms with van der Waals surface area (Å²) in [6.45, 7) is 0. The smallest absolute Gasteiger partial charge is 0.340 e. The van der Waals surface area contributed by atoms with Crippen molar-refractivity contribution in [1.82, 2.24) is 5.16 Å². The minimum Gasteiger partial charge on any atom is -0.497 e. The Kier molecular flexibility index (Phi) is 4.64. The van der Waals surface area contributed by atoms with E-state index < -0.39 is 11.4 Å². The van der Waals surface area contributed by atoms with Crippen molar-refractivity contribution in [3.63, 3.8) is 0 Å². The first-order valence-electron chi connectivity index (χ1n) is 8.66. The molecule has 0 aliphatic heterocycles. The summed E-state index contributed by atoms with van der Waals surface area (Å²) in [6, 6.07) is 10.9. The van der Waals surface area contributed by atoms with Crippen LogP contribution in [0.3, 0.4) is 0 Å². The highest BCUT2D eigenvalue weighted by atomic mass is 32.1. The molecule has 0 saturated heterocycles. The monoisotopic (exact) mass is 398 g/mol. The summed E-state index contributed by atoms with van der Waals surface area (Å²) in [7, 11) is 2.91. The second-order valence-corrected chi connectivity index (χ2v) is 7.42. The Balaban J connectivity index is 1.56. The van der Waals surface area contributed by atoms with Gasteiger partial charge in [0.2, 0.25) is 5.91 Å². The zero-order valence-electron chi connectivity index (χ0n) is 15.4. The van der Waals surface area contributed by atoms with E-state index in [4.69, 9.17) is 14.0 Å². The van der Waals surface area contributed by atoms with Crippen LogP contribution in [0.2, 0.25) is 0 Å². The largest absolute Gasteiger partial charge is 0.497 e. The fourth-order valence-electron chi connectivity index (χ4n) is 3.04. The molecule has 144 valence electrons. The number of hydrogen-bond donors (Lipinski definition) is 1. The van der Waals surface area contributed by atoms with Gasteiger partial charge in [-0.2, -0.15) is 0 Å². The van der Waals surface area contributed by atoms with Crippen LogP contribution in [0, 0.1) is 0 Å². The van der Waals surface area contributed by atoms with Gasteiger partial charge in [-0.05, 0) is 36.4 Å². The number of amides is 1. The number of methoxy groups -OCH3 is 2. The summed E-state index contributed by atoms with van der Waals surface area (Å²) >= 11 is 1.28. The highest BCUT2D eigenvalue weighted by Gasteiger charge is 2.54. The summed E-state index contributed by atoms with van der Waals surface area (Å²) in [5.41, 5.74) is 1.01. The van der Waals surface area contributed by atoms with Crippen LogP contribution in [-0.4, -0.2) is 31.3 Å². The van der Waals surface area contributed by atoms with Crippen LogP contribution in [0.5, 0.6) is 5.75 Å². The predicted molar refractivity (Wildman–Crippen MR) is 104 cm³/mol. The van der Waals surface area contributed by atoms with Crippen LogP contribution in [0.1, 0.15) is 28.9 Å². The molecule has 2 heterocycles. The molecule has 1 N–H and O–H groups in total. The zero-order chi connectivity index (χ0) is 19.7. The van der Waals surface area contributed by atoms with Gasteiger partial charge >= 0.3 is 5.97 Å². The number of benzene rings is 1. The van der Waals surface area contributed by atoms with Crippen molar-refractivity contribution >= 4 is 28.2 Å². The number of aromatic nitrogens is 1. The Morgan fingerprint density at radius 3 is 2.75 bits per heavy atom. The Morgan fingerprint density at radius 1 is 1.21 bits per heavy atom. The summed E-state index contributed by atoms with van der Waals surface area (Å²) in [5.74, 6) is 0.593. The summed E-state index contributed by atoms with van der Waals surface area (Å²) in [4.78, 5) is 24.8. The molecule has 1 saturated carbocycles. The highest BCUT2D eigenvalue weighted by molar-refractivity contribution is 7.14. The molecule has 0 bridgehead atoms. The topological polar surface area (TPSA) is 90.7 Å². The van der Waals surface area contributed by atoms with Crippen LogP contribution in [0.15, 0.2) is 46.3 Å². The number of esters is 1. The van der Waals surface area contributed by atoms with Gasteiger partial charge in [0.05, 0.1) is 30.9 Å². The Labute approximate surface area is 165 Å². The maximum Gasteiger partial charge on any atom is 0.340 e. The molecular weight excluding hydrogens is 380 g/mol. The minimum absolute atomic E-state index is 0.203. The SMILES string of the molecule is COC(=O)c1ccsc1NC(=O)C1(c2cc(-c3cccc(OC)c3)on2)CC1. The maximum absolute atomic E-state index is 12.9.